The summed E-state index contributed by atoms with van der Waals surface area (Å²) in [6.07, 6.45) is 10.5. The molecular weight excluding hydrogens is 259 g/mol. The van der Waals surface area contributed by atoms with Gasteiger partial charge in [-0.25, -0.2) is 0 Å². The van der Waals surface area contributed by atoms with Crippen LogP contribution >= 0.6 is 9.47 Å². The first-order chi connectivity index (χ1) is 9.24. The van der Waals surface area contributed by atoms with Gasteiger partial charge in [-0.2, -0.15) is 0 Å². The number of hydrogen-bond donors (Lipinski definition) is 0. The summed E-state index contributed by atoms with van der Waals surface area (Å²) < 4.78 is 10.0. The standard InChI is InChI=1S/C15H31O3P/c1-3-5-6-7-8-9-10-14(4-2)13-17-15(16)11-12-18-19/h14H,3-13,19H2,1-2H3. The number of unbranched alkanes of at least 4 members (excludes halogenated alkanes) is 5. The molecule has 0 heterocycles. The first-order valence-corrected chi connectivity index (χ1v) is 8.19. The summed E-state index contributed by atoms with van der Waals surface area (Å²) in [5.74, 6) is 0.371. The minimum atomic E-state index is -0.149. The lowest BCUT2D eigenvalue weighted by molar-refractivity contribution is -0.145. The highest BCUT2D eigenvalue weighted by Gasteiger charge is 2.10. The average molecular weight is 290 g/mol. The molecular formula is C15H31O3P. The van der Waals surface area contributed by atoms with Crippen LogP contribution in [0.25, 0.3) is 0 Å². The fourth-order valence-corrected chi connectivity index (χ4v) is 2.16. The maximum Gasteiger partial charge on any atom is 0.308 e. The van der Waals surface area contributed by atoms with Crippen LogP contribution in [0.1, 0.15) is 71.6 Å². The molecule has 0 aromatic carbocycles. The van der Waals surface area contributed by atoms with E-state index >= 15 is 0 Å². The lowest BCUT2D eigenvalue weighted by atomic mass is 9.98. The van der Waals surface area contributed by atoms with E-state index in [1.54, 1.807) is 0 Å². The van der Waals surface area contributed by atoms with E-state index in [9.17, 15) is 4.79 Å². The smallest absolute Gasteiger partial charge is 0.308 e. The summed E-state index contributed by atoms with van der Waals surface area (Å²) in [5, 5.41) is 0. The fourth-order valence-electron chi connectivity index (χ4n) is 2.04. The van der Waals surface area contributed by atoms with Gasteiger partial charge in [0.05, 0.1) is 19.6 Å². The highest BCUT2D eigenvalue weighted by molar-refractivity contribution is 7.09. The van der Waals surface area contributed by atoms with Crippen LogP contribution in [-0.2, 0) is 14.1 Å². The minimum absolute atomic E-state index is 0.149. The molecule has 0 N–H and O–H groups in total. The highest BCUT2D eigenvalue weighted by Crippen LogP contribution is 2.15. The molecule has 0 aliphatic rings. The molecule has 3 nitrogen and oxygen atoms in total. The van der Waals surface area contributed by atoms with Gasteiger partial charge in [-0.05, 0) is 12.3 Å². The van der Waals surface area contributed by atoms with E-state index in [1.807, 2.05) is 0 Å². The predicted octanol–water partition coefficient (Wildman–Crippen LogP) is 4.50. The lowest BCUT2D eigenvalue weighted by Gasteiger charge is -2.15. The Morgan fingerprint density at radius 2 is 1.79 bits per heavy atom. The predicted molar refractivity (Wildman–Crippen MR) is 83.0 cm³/mol. The zero-order chi connectivity index (χ0) is 14.3. The number of esters is 1. The molecule has 0 aliphatic heterocycles. The maximum absolute atomic E-state index is 11.4. The zero-order valence-corrected chi connectivity index (χ0v) is 13.8. The second-order valence-corrected chi connectivity index (χ2v) is 5.47. The Balaban J connectivity index is 3.51. The monoisotopic (exact) mass is 290 g/mol. The molecule has 0 fully saturated rings. The van der Waals surface area contributed by atoms with Crippen molar-refractivity contribution in [1.29, 1.82) is 0 Å². The molecule has 0 rings (SSSR count). The second kappa shape index (κ2) is 14.3. The molecule has 0 aromatic heterocycles. The van der Waals surface area contributed by atoms with Gasteiger partial charge in [0.15, 0.2) is 0 Å². The Labute approximate surface area is 121 Å². The Bertz CT molecular complexity index is 210. The summed E-state index contributed by atoms with van der Waals surface area (Å²) in [5.41, 5.74) is 0. The summed E-state index contributed by atoms with van der Waals surface area (Å²) in [4.78, 5) is 11.4. The molecule has 0 bridgehead atoms. The van der Waals surface area contributed by atoms with Crippen LogP contribution in [-0.4, -0.2) is 19.2 Å². The molecule has 2 atom stereocenters. The van der Waals surface area contributed by atoms with Crippen LogP contribution in [0, 0.1) is 5.92 Å². The molecule has 0 spiro atoms. The van der Waals surface area contributed by atoms with Crippen molar-refractivity contribution in [1.82, 2.24) is 0 Å². The van der Waals surface area contributed by atoms with Crippen molar-refractivity contribution in [3.63, 3.8) is 0 Å². The Morgan fingerprint density at radius 1 is 1.11 bits per heavy atom. The number of carbonyl (C=O) groups excluding carboxylic acids is 1. The molecule has 19 heavy (non-hydrogen) atoms. The van der Waals surface area contributed by atoms with E-state index in [2.05, 4.69) is 23.3 Å². The Morgan fingerprint density at radius 3 is 2.42 bits per heavy atom. The summed E-state index contributed by atoms with van der Waals surface area (Å²) >= 11 is 0. The highest BCUT2D eigenvalue weighted by atomic mass is 31.0. The lowest BCUT2D eigenvalue weighted by Crippen LogP contribution is -2.14. The number of ether oxygens (including phenoxy) is 1. The number of hydrogen-bond acceptors (Lipinski definition) is 3. The van der Waals surface area contributed by atoms with Crippen LogP contribution in [0.2, 0.25) is 0 Å². The Hall–Kier alpha value is -0.140. The molecule has 4 heteroatoms. The van der Waals surface area contributed by atoms with Crippen LogP contribution in [0.3, 0.4) is 0 Å². The van der Waals surface area contributed by atoms with Crippen LogP contribution in [0.15, 0.2) is 0 Å². The number of rotatable bonds is 13. The van der Waals surface area contributed by atoms with Gasteiger partial charge in [-0.15, -0.1) is 0 Å². The van der Waals surface area contributed by atoms with Crippen molar-refractivity contribution in [3.8, 4) is 0 Å². The van der Waals surface area contributed by atoms with Crippen molar-refractivity contribution < 1.29 is 14.1 Å². The largest absolute Gasteiger partial charge is 0.465 e. The van der Waals surface area contributed by atoms with Gasteiger partial charge < -0.3 is 9.26 Å². The second-order valence-electron chi connectivity index (χ2n) is 5.13. The van der Waals surface area contributed by atoms with Crippen LogP contribution in [0.5, 0.6) is 0 Å². The molecule has 0 aliphatic carbocycles. The molecule has 0 saturated carbocycles. The van der Waals surface area contributed by atoms with E-state index < -0.39 is 0 Å². The van der Waals surface area contributed by atoms with Crippen molar-refractivity contribution >= 4 is 15.4 Å². The van der Waals surface area contributed by atoms with Crippen molar-refractivity contribution in [2.75, 3.05) is 13.2 Å². The topological polar surface area (TPSA) is 35.5 Å². The quantitative estimate of drug-likeness (QED) is 0.284. The van der Waals surface area contributed by atoms with Gasteiger partial charge in [0, 0.05) is 9.47 Å². The molecule has 0 amide bonds. The third kappa shape index (κ3) is 12.6. The Kier molecular flexibility index (Phi) is 14.2. The first kappa shape index (κ1) is 18.9. The SMILES string of the molecule is CCCCCCCCC(CC)COC(=O)CCOP. The first-order valence-electron chi connectivity index (χ1n) is 7.71. The van der Waals surface area contributed by atoms with Gasteiger partial charge >= 0.3 is 5.97 Å². The number of carbonyl (C=O) groups is 1. The van der Waals surface area contributed by atoms with E-state index in [0.717, 1.165) is 6.42 Å². The summed E-state index contributed by atoms with van der Waals surface area (Å²) in [6, 6.07) is 0. The zero-order valence-electron chi connectivity index (χ0n) is 12.7. The van der Waals surface area contributed by atoms with Gasteiger partial charge in [-0.1, -0.05) is 58.8 Å². The molecule has 0 radical (unpaired) electrons. The molecule has 0 saturated heterocycles. The minimum Gasteiger partial charge on any atom is -0.465 e. The molecule has 0 aromatic rings. The summed E-state index contributed by atoms with van der Waals surface area (Å²) in [6.45, 7) is 5.39. The van der Waals surface area contributed by atoms with Gasteiger partial charge in [-0.3, -0.25) is 4.79 Å². The van der Waals surface area contributed by atoms with Crippen molar-refractivity contribution in [2.24, 2.45) is 5.92 Å². The van der Waals surface area contributed by atoms with E-state index in [-0.39, 0.29) is 5.97 Å². The van der Waals surface area contributed by atoms with E-state index in [4.69, 9.17) is 9.26 Å². The third-order valence-electron chi connectivity index (χ3n) is 3.45. The normalized spacial score (nSPS) is 12.4. The maximum atomic E-state index is 11.4. The van der Waals surface area contributed by atoms with Crippen LogP contribution < -0.4 is 0 Å². The molecule has 114 valence electrons. The van der Waals surface area contributed by atoms with Crippen LogP contribution in [0.4, 0.5) is 0 Å². The van der Waals surface area contributed by atoms with E-state index in [1.165, 1.54) is 44.9 Å². The van der Waals surface area contributed by atoms with Crippen molar-refractivity contribution in [2.45, 2.75) is 71.6 Å². The van der Waals surface area contributed by atoms with Gasteiger partial charge in [0.25, 0.3) is 0 Å². The van der Waals surface area contributed by atoms with Gasteiger partial charge in [0.2, 0.25) is 0 Å². The van der Waals surface area contributed by atoms with Crippen molar-refractivity contribution in [3.05, 3.63) is 0 Å². The average Bonchev–Trinajstić information content (AvgIpc) is 2.43. The molecule has 2 unspecified atom stereocenters. The third-order valence-corrected chi connectivity index (χ3v) is 3.68. The van der Waals surface area contributed by atoms with E-state index in [0.29, 0.717) is 25.6 Å². The van der Waals surface area contributed by atoms with Gasteiger partial charge in [0.1, 0.15) is 0 Å². The fraction of sp³-hybridized carbons (Fsp3) is 0.933. The summed E-state index contributed by atoms with van der Waals surface area (Å²) in [7, 11) is 2.14.